The SMILES string of the molecule is C=CC1(C)CCC(C2(C)OC2C=CC(C)(C)O)CC1C(=C)C. The van der Waals surface area contributed by atoms with E-state index in [4.69, 9.17) is 4.74 Å². The Hall–Kier alpha value is -0.860. The minimum Gasteiger partial charge on any atom is -0.386 e. The molecule has 0 amide bonds. The maximum Gasteiger partial charge on any atom is 0.106 e. The lowest BCUT2D eigenvalue weighted by atomic mass is 9.60. The van der Waals surface area contributed by atoms with Gasteiger partial charge in [0, 0.05) is 0 Å². The monoisotopic (exact) mass is 304 g/mol. The molecule has 2 fully saturated rings. The Morgan fingerprint density at radius 2 is 2.00 bits per heavy atom. The fourth-order valence-electron chi connectivity index (χ4n) is 3.98. The number of hydrogen-bond donors (Lipinski definition) is 1. The molecule has 0 spiro atoms. The van der Waals surface area contributed by atoms with Gasteiger partial charge in [-0.2, -0.15) is 0 Å². The van der Waals surface area contributed by atoms with Crippen molar-refractivity contribution in [3.63, 3.8) is 0 Å². The molecule has 0 bridgehead atoms. The van der Waals surface area contributed by atoms with Gasteiger partial charge in [-0.1, -0.05) is 37.3 Å². The van der Waals surface area contributed by atoms with Crippen LogP contribution in [-0.2, 0) is 4.74 Å². The van der Waals surface area contributed by atoms with Crippen LogP contribution in [0.3, 0.4) is 0 Å². The van der Waals surface area contributed by atoms with Gasteiger partial charge < -0.3 is 9.84 Å². The third kappa shape index (κ3) is 3.38. The minimum absolute atomic E-state index is 0.0854. The topological polar surface area (TPSA) is 32.8 Å². The van der Waals surface area contributed by atoms with Gasteiger partial charge >= 0.3 is 0 Å². The molecule has 22 heavy (non-hydrogen) atoms. The normalized spacial score (nSPS) is 42.4. The van der Waals surface area contributed by atoms with Crippen molar-refractivity contribution in [1.82, 2.24) is 0 Å². The summed E-state index contributed by atoms with van der Waals surface area (Å²) >= 11 is 0. The van der Waals surface area contributed by atoms with E-state index in [1.54, 1.807) is 13.8 Å². The van der Waals surface area contributed by atoms with E-state index in [9.17, 15) is 5.11 Å². The maximum atomic E-state index is 9.83. The third-order valence-electron chi connectivity index (χ3n) is 5.79. The zero-order valence-electron chi connectivity index (χ0n) is 14.9. The predicted molar refractivity (Wildman–Crippen MR) is 92.7 cm³/mol. The molecular formula is C20H32O2. The van der Waals surface area contributed by atoms with Gasteiger partial charge in [0.05, 0.1) is 11.2 Å². The molecule has 2 heteroatoms. The van der Waals surface area contributed by atoms with Gasteiger partial charge in [0.2, 0.25) is 0 Å². The van der Waals surface area contributed by atoms with Crippen molar-refractivity contribution >= 4 is 0 Å². The minimum atomic E-state index is -0.777. The Labute approximate surface area is 136 Å². The van der Waals surface area contributed by atoms with Crippen LogP contribution in [0.15, 0.2) is 37.0 Å². The molecule has 5 unspecified atom stereocenters. The van der Waals surface area contributed by atoms with Crippen LogP contribution in [0.5, 0.6) is 0 Å². The first-order valence-electron chi connectivity index (χ1n) is 8.40. The quantitative estimate of drug-likeness (QED) is 0.592. The Balaban J connectivity index is 2.08. The largest absolute Gasteiger partial charge is 0.386 e. The van der Waals surface area contributed by atoms with E-state index < -0.39 is 5.60 Å². The standard InChI is InChI=1S/C20H32O2/c1-8-19(6)12-9-15(13-16(19)14(2)3)20(7)17(22-20)10-11-18(4,5)21/h8,10-11,15-17,21H,1-2,9,12-13H2,3-7H3. The number of aliphatic hydroxyl groups is 1. The molecule has 1 heterocycles. The van der Waals surface area contributed by atoms with E-state index in [2.05, 4.69) is 40.0 Å². The fraction of sp³-hybridized carbons (Fsp3) is 0.700. The van der Waals surface area contributed by atoms with Gasteiger partial charge in [0.25, 0.3) is 0 Å². The Morgan fingerprint density at radius 1 is 1.36 bits per heavy atom. The highest BCUT2D eigenvalue weighted by Gasteiger charge is 2.58. The second-order valence-electron chi connectivity index (χ2n) is 8.32. The first-order chi connectivity index (χ1) is 10.0. The molecule has 0 aromatic carbocycles. The summed E-state index contributed by atoms with van der Waals surface area (Å²) in [6.07, 6.45) is 9.52. The van der Waals surface area contributed by atoms with Crippen LogP contribution < -0.4 is 0 Å². The average molecular weight is 304 g/mol. The fourth-order valence-corrected chi connectivity index (χ4v) is 3.98. The number of ether oxygens (including phenoxy) is 1. The molecule has 2 nitrogen and oxygen atoms in total. The number of hydrogen-bond acceptors (Lipinski definition) is 2. The number of epoxide rings is 1. The molecule has 1 saturated heterocycles. The van der Waals surface area contributed by atoms with Crippen molar-refractivity contribution in [2.45, 2.75) is 71.2 Å². The Morgan fingerprint density at radius 3 is 2.50 bits per heavy atom. The smallest absolute Gasteiger partial charge is 0.106 e. The first-order valence-corrected chi connectivity index (χ1v) is 8.40. The van der Waals surface area contributed by atoms with Gasteiger partial charge in [0.15, 0.2) is 0 Å². The molecule has 1 saturated carbocycles. The van der Waals surface area contributed by atoms with Gasteiger partial charge in [-0.05, 0) is 64.2 Å². The molecule has 5 atom stereocenters. The highest BCUT2D eigenvalue weighted by atomic mass is 16.6. The third-order valence-corrected chi connectivity index (χ3v) is 5.79. The zero-order chi connectivity index (χ0) is 16.8. The van der Waals surface area contributed by atoms with Crippen molar-refractivity contribution in [1.29, 1.82) is 0 Å². The molecular weight excluding hydrogens is 272 g/mol. The second kappa shape index (κ2) is 5.65. The van der Waals surface area contributed by atoms with Crippen molar-refractivity contribution in [3.05, 3.63) is 37.0 Å². The molecule has 124 valence electrons. The van der Waals surface area contributed by atoms with Crippen LogP contribution in [0, 0.1) is 17.3 Å². The summed E-state index contributed by atoms with van der Waals surface area (Å²) in [5, 5.41) is 9.83. The number of rotatable bonds is 5. The average Bonchev–Trinajstić information content (AvgIpc) is 3.08. The summed E-state index contributed by atoms with van der Waals surface area (Å²) in [6, 6.07) is 0. The summed E-state index contributed by atoms with van der Waals surface area (Å²) in [4.78, 5) is 0. The lowest BCUT2D eigenvalue weighted by Crippen LogP contribution is -2.38. The highest BCUT2D eigenvalue weighted by Crippen LogP contribution is 2.55. The summed E-state index contributed by atoms with van der Waals surface area (Å²) in [5.41, 5.74) is 0.547. The molecule has 0 aromatic rings. The van der Waals surface area contributed by atoms with Gasteiger partial charge in [-0.15, -0.1) is 6.58 Å². The summed E-state index contributed by atoms with van der Waals surface area (Å²) in [7, 11) is 0. The zero-order valence-corrected chi connectivity index (χ0v) is 14.9. The van der Waals surface area contributed by atoms with Crippen LogP contribution >= 0.6 is 0 Å². The van der Waals surface area contributed by atoms with Gasteiger partial charge in [-0.3, -0.25) is 0 Å². The van der Waals surface area contributed by atoms with E-state index >= 15 is 0 Å². The lowest BCUT2D eigenvalue weighted by molar-refractivity contribution is 0.0995. The van der Waals surface area contributed by atoms with Gasteiger partial charge in [0.1, 0.15) is 6.10 Å². The van der Waals surface area contributed by atoms with E-state index in [1.807, 2.05) is 12.2 Å². The summed E-state index contributed by atoms with van der Waals surface area (Å²) < 4.78 is 6.02. The van der Waals surface area contributed by atoms with Crippen LogP contribution in [-0.4, -0.2) is 22.4 Å². The molecule has 2 rings (SSSR count). The van der Waals surface area contributed by atoms with Crippen molar-refractivity contribution in [3.8, 4) is 0 Å². The highest BCUT2D eigenvalue weighted by molar-refractivity contribution is 5.20. The molecule has 2 aliphatic rings. The van der Waals surface area contributed by atoms with E-state index in [-0.39, 0.29) is 17.1 Å². The van der Waals surface area contributed by atoms with Crippen molar-refractivity contribution in [2.75, 3.05) is 0 Å². The molecule has 1 aliphatic heterocycles. The summed E-state index contributed by atoms with van der Waals surface area (Å²) in [6.45, 7) is 18.5. The lowest BCUT2D eigenvalue weighted by Gasteiger charge is -2.44. The van der Waals surface area contributed by atoms with Gasteiger partial charge in [-0.25, -0.2) is 0 Å². The number of allylic oxidation sites excluding steroid dienone is 2. The van der Waals surface area contributed by atoms with Crippen molar-refractivity contribution < 1.29 is 9.84 Å². The van der Waals surface area contributed by atoms with Crippen LogP contribution in [0.2, 0.25) is 0 Å². The molecule has 1 N–H and O–H groups in total. The molecule has 1 aliphatic carbocycles. The maximum absolute atomic E-state index is 9.83. The first kappa shape index (κ1) is 17.5. The second-order valence-corrected chi connectivity index (χ2v) is 8.32. The van der Waals surface area contributed by atoms with E-state index in [1.165, 1.54) is 5.57 Å². The van der Waals surface area contributed by atoms with Crippen LogP contribution in [0.4, 0.5) is 0 Å². The Bertz CT molecular complexity index is 484. The van der Waals surface area contributed by atoms with Crippen LogP contribution in [0.25, 0.3) is 0 Å². The predicted octanol–water partition coefficient (Wildman–Crippen LogP) is 4.66. The molecule has 0 aromatic heterocycles. The van der Waals surface area contributed by atoms with Crippen LogP contribution in [0.1, 0.15) is 53.9 Å². The molecule has 0 radical (unpaired) electrons. The van der Waals surface area contributed by atoms with Crippen molar-refractivity contribution in [2.24, 2.45) is 17.3 Å². The summed E-state index contributed by atoms with van der Waals surface area (Å²) in [5.74, 6) is 1.02. The Kier molecular flexibility index (Phi) is 4.49. The van der Waals surface area contributed by atoms with E-state index in [0.29, 0.717) is 11.8 Å². The van der Waals surface area contributed by atoms with E-state index in [0.717, 1.165) is 19.3 Å².